The number of hydrogen-bond acceptors (Lipinski definition) is 6. The van der Waals surface area contributed by atoms with Gasteiger partial charge in [-0.3, -0.25) is 14.2 Å². The Balaban J connectivity index is 1.31. The zero-order chi connectivity index (χ0) is 33.7. The normalized spacial score (nSPS) is 17.2. The molecule has 11 heteroatoms. The highest BCUT2D eigenvalue weighted by molar-refractivity contribution is 6.74. The minimum absolute atomic E-state index is 0.146. The van der Waals surface area contributed by atoms with Gasteiger partial charge >= 0.3 is 0 Å². The first kappa shape index (κ1) is 32.3. The second-order valence-electron chi connectivity index (χ2n) is 13.9. The van der Waals surface area contributed by atoms with Gasteiger partial charge in [-0.15, -0.1) is 0 Å². The van der Waals surface area contributed by atoms with Gasteiger partial charge in [0, 0.05) is 40.7 Å². The van der Waals surface area contributed by atoms with Gasteiger partial charge in [0.25, 0.3) is 11.5 Å². The van der Waals surface area contributed by atoms with Gasteiger partial charge in [0.1, 0.15) is 23.2 Å². The molecule has 1 fully saturated rings. The van der Waals surface area contributed by atoms with E-state index in [1.807, 2.05) is 28.8 Å². The van der Waals surface area contributed by atoms with Crippen molar-refractivity contribution in [1.29, 1.82) is 0 Å². The summed E-state index contributed by atoms with van der Waals surface area (Å²) < 4.78 is 23.4. The molecule has 0 radical (unpaired) electrons. The van der Waals surface area contributed by atoms with Crippen LogP contribution in [0.5, 0.6) is 0 Å². The van der Waals surface area contributed by atoms with E-state index in [0.29, 0.717) is 28.6 Å². The molecule has 1 aliphatic carbocycles. The van der Waals surface area contributed by atoms with Gasteiger partial charge in [0.05, 0.1) is 0 Å². The van der Waals surface area contributed by atoms with E-state index >= 15 is 0 Å². The van der Waals surface area contributed by atoms with Gasteiger partial charge in [-0.25, -0.2) is 13.9 Å². The Labute approximate surface area is 274 Å². The van der Waals surface area contributed by atoms with E-state index in [4.69, 9.17) is 15.9 Å². The van der Waals surface area contributed by atoms with Crippen molar-refractivity contribution in [3.8, 4) is 27.9 Å². The Bertz CT molecular complexity index is 2000. The van der Waals surface area contributed by atoms with Crippen molar-refractivity contribution in [3.05, 3.63) is 101 Å². The number of nitrogens with zero attached hydrogens (tertiary/aromatic N) is 4. The van der Waals surface area contributed by atoms with Crippen molar-refractivity contribution in [2.75, 3.05) is 5.73 Å². The van der Waals surface area contributed by atoms with Crippen LogP contribution in [-0.4, -0.2) is 39.5 Å². The highest BCUT2D eigenvalue weighted by atomic mass is 28.4. The summed E-state index contributed by atoms with van der Waals surface area (Å²) >= 11 is 0. The topological polar surface area (TPSA) is 131 Å². The second kappa shape index (κ2) is 12.2. The third-order valence-corrected chi connectivity index (χ3v) is 14.5. The van der Waals surface area contributed by atoms with Crippen LogP contribution in [0, 0.1) is 5.82 Å². The number of benzene rings is 2. The molecular weight excluding hydrogens is 612 g/mol. The molecule has 9 nitrogen and oxygen atoms in total. The zero-order valence-electron chi connectivity index (χ0n) is 27.5. The summed E-state index contributed by atoms with van der Waals surface area (Å²) in [5, 5.41) is 4.78. The first-order valence-corrected chi connectivity index (χ1v) is 18.9. The Morgan fingerprint density at radius 1 is 0.957 bits per heavy atom. The fraction of sp³-hybridized carbons (Fsp3) is 0.333. The lowest BCUT2D eigenvalue weighted by atomic mass is 9.85. The van der Waals surface area contributed by atoms with E-state index in [9.17, 15) is 14.0 Å². The van der Waals surface area contributed by atoms with E-state index in [0.717, 1.165) is 48.0 Å². The van der Waals surface area contributed by atoms with Crippen molar-refractivity contribution in [3.63, 3.8) is 0 Å². The van der Waals surface area contributed by atoms with Gasteiger partial charge in [0.15, 0.2) is 14.1 Å². The molecule has 4 N–H and O–H groups in total. The fourth-order valence-corrected chi connectivity index (χ4v) is 7.74. The minimum atomic E-state index is -1.85. The maximum atomic E-state index is 13.5. The predicted octanol–water partition coefficient (Wildman–Crippen LogP) is 7.08. The maximum absolute atomic E-state index is 13.5. The standard InChI is InChI=1S/C36H41FN6O3Si/c1-36(2,3)47(4,5)46-27-16-10-24(11-17-27)30-20-29(32-33(38)40-21-41-43(30)32)23-8-6-22(7-9-23)28-18-19-42(35(45)31(28)34(39)44)26-14-12-25(37)13-15-26/h6-9,12-15,18-21,24,27H,10-11,16-17H2,1-5H3,(H2,39,44)(H2,38,40,41). The minimum Gasteiger partial charge on any atom is -0.414 e. The molecule has 244 valence electrons. The van der Waals surface area contributed by atoms with Crippen LogP contribution < -0.4 is 17.0 Å². The number of aromatic nitrogens is 4. The number of halogens is 1. The van der Waals surface area contributed by atoms with Gasteiger partial charge in [-0.05, 0) is 91.3 Å². The quantitative estimate of drug-likeness (QED) is 0.181. The number of pyridine rings is 1. The number of nitrogen functional groups attached to an aromatic ring is 1. The average Bonchev–Trinajstić information content (AvgIpc) is 3.42. The summed E-state index contributed by atoms with van der Waals surface area (Å²) in [6.45, 7) is 11.5. The molecule has 1 aliphatic rings. The zero-order valence-corrected chi connectivity index (χ0v) is 28.5. The summed E-state index contributed by atoms with van der Waals surface area (Å²) in [5.74, 6) is -0.581. The molecule has 0 bridgehead atoms. The van der Waals surface area contributed by atoms with Gasteiger partial charge < -0.3 is 15.9 Å². The molecule has 2 aromatic carbocycles. The van der Waals surface area contributed by atoms with Crippen LogP contribution in [0.2, 0.25) is 18.1 Å². The maximum Gasteiger partial charge on any atom is 0.268 e. The van der Waals surface area contributed by atoms with E-state index in [1.54, 1.807) is 12.3 Å². The molecule has 47 heavy (non-hydrogen) atoms. The van der Waals surface area contributed by atoms with Crippen molar-refractivity contribution >= 4 is 25.6 Å². The third-order valence-electron chi connectivity index (χ3n) is 9.92. The molecule has 0 aliphatic heterocycles. The predicted molar refractivity (Wildman–Crippen MR) is 186 cm³/mol. The van der Waals surface area contributed by atoms with Crippen molar-refractivity contribution < 1.29 is 13.6 Å². The molecular formula is C36H41FN6O3Si. The van der Waals surface area contributed by atoms with Crippen LogP contribution in [0.3, 0.4) is 0 Å². The summed E-state index contributed by atoms with van der Waals surface area (Å²) in [6.07, 6.45) is 7.30. The number of carbonyl (C=O) groups is 1. The molecule has 0 unspecified atom stereocenters. The van der Waals surface area contributed by atoms with Gasteiger partial charge in [0.2, 0.25) is 0 Å². The fourth-order valence-electron chi connectivity index (χ4n) is 6.32. The number of hydrogen-bond donors (Lipinski definition) is 2. The summed E-state index contributed by atoms with van der Waals surface area (Å²) in [7, 11) is -1.85. The lowest BCUT2D eigenvalue weighted by molar-refractivity contribution is 0.0999. The van der Waals surface area contributed by atoms with E-state index in [2.05, 4.69) is 50.0 Å². The Morgan fingerprint density at radius 2 is 1.57 bits per heavy atom. The third kappa shape index (κ3) is 6.12. The molecule has 3 aromatic heterocycles. The molecule has 0 atom stereocenters. The summed E-state index contributed by atoms with van der Waals surface area (Å²) in [4.78, 5) is 30.2. The molecule has 0 spiro atoms. The SMILES string of the molecule is CC(C)(C)[Si](C)(C)OC1CCC(c2cc(-c3ccc(-c4ccn(-c5ccc(F)cc5)c(=O)c4C(N)=O)cc3)c3c(N)ncnn23)CC1. The number of primary amides is 1. The first-order chi connectivity index (χ1) is 22.2. The molecule has 3 heterocycles. The van der Waals surface area contributed by atoms with E-state index < -0.39 is 25.6 Å². The van der Waals surface area contributed by atoms with Crippen LogP contribution >= 0.6 is 0 Å². The summed E-state index contributed by atoms with van der Waals surface area (Å²) in [5.41, 5.74) is 16.5. The molecule has 5 aromatic rings. The molecule has 6 rings (SSSR count). The smallest absolute Gasteiger partial charge is 0.268 e. The van der Waals surface area contributed by atoms with Crippen molar-refractivity contribution in [2.45, 2.75) is 76.6 Å². The molecule has 1 saturated carbocycles. The second-order valence-corrected chi connectivity index (χ2v) is 18.7. The van der Waals surface area contributed by atoms with E-state index in [-0.39, 0.29) is 16.7 Å². The van der Waals surface area contributed by atoms with Crippen molar-refractivity contribution in [2.24, 2.45) is 5.73 Å². The van der Waals surface area contributed by atoms with Crippen LogP contribution in [0.15, 0.2) is 78.0 Å². The van der Waals surface area contributed by atoms with E-state index in [1.165, 1.54) is 35.2 Å². The number of nitrogens with two attached hydrogens (primary N) is 2. The molecule has 0 saturated heterocycles. The first-order valence-electron chi connectivity index (χ1n) is 16.0. The monoisotopic (exact) mass is 652 g/mol. The number of carbonyl (C=O) groups excluding carboxylic acids is 1. The van der Waals surface area contributed by atoms with Crippen LogP contribution in [-0.2, 0) is 4.43 Å². The van der Waals surface area contributed by atoms with Gasteiger partial charge in [-0.1, -0.05) is 45.0 Å². The van der Waals surface area contributed by atoms with Crippen LogP contribution in [0.4, 0.5) is 10.2 Å². The average molecular weight is 653 g/mol. The van der Waals surface area contributed by atoms with Crippen LogP contribution in [0.1, 0.15) is 68.4 Å². The van der Waals surface area contributed by atoms with Gasteiger partial charge in [-0.2, -0.15) is 5.10 Å². The largest absolute Gasteiger partial charge is 0.414 e. The number of anilines is 1. The Morgan fingerprint density at radius 3 is 2.17 bits per heavy atom. The number of fused-ring (bicyclic) bond motifs is 1. The Kier molecular flexibility index (Phi) is 8.39. The Hall–Kier alpha value is -4.61. The van der Waals surface area contributed by atoms with Crippen LogP contribution in [0.25, 0.3) is 33.5 Å². The summed E-state index contributed by atoms with van der Waals surface area (Å²) in [6, 6.07) is 16.8. The molecule has 1 amide bonds. The lowest BCUT2D eigenvalue weighted by Crippen LogP contribution is -2.44. The lowest BCUT2D eigenvalue weighted by Gasteiger charge is -2.41. The number of rotatable bonds is 7. The number of amides is 1. The highest BCUT2D eigenvalue weighted by Crippen LogP contribution is 2.43. The van der Waals surface area contributed by atoms with Crippen molar-refractivity contribution in [1.82, 2.24) is 19.2 Å². The highest BCUT2D eigenvalue weighted by Gasteiger charge is 2.40.